The maximum atomic E-state index is 4.75. The van der Waals surface area contributed by atoms with Gasteiger partial charge in [-0.3, -0.25) is 0 Å². The van der Waals surface area contributed by atoms with Crippen molar-refractivity contribution in [1.82, 2.24) is 9.97 Å². The summed E-state index contributed by atoms with van der Waals surface area (Å²) in [6.45, 7) is 1.07. The molecule has 0 unspecified atom stereocenters. The molecule has 0 atom stereocenters. The topological polar surface area (TPSA) is 37.8 Å². The smallest absolute Gasteiger partial charge is 0.190 e. The number of fused-ring (bicyclic) bond motifs is 3. The van der Waals surface area contributed by atoms with E-state index in [0.717, 1.165) is 23.4 Å². The molecule has 0 saturated heterocycles. The van der Waals surface area contributed by atoms with Crippen LogP contribution in [-0.2, 0) is 12.8 Å². The molecule has 2 aromatic rings. The molecule has 1 saturated carbocycles. The Balaban J connectivity index is 1.81. The molecular weight excluding hydrogens is 286 g/mol. The summed E-state index contributed by atoms with van der Waals surface area (Å²) in [5, 5.41) is 5.82. The highest BCUT2D eigenvalue weighted by atomic mass is 32.2. The third-order valence-electron chi connectivity index (χ3n) is 4.23. The number of hydrogen-bond donors (Lipinski definition) is 1. The second-order valence-corrected chi connectivity index (χ2v) is 7.63. The van der Waals surface area contributed by atoms with Gasteiger partial charge in [0.2, 0.25) is 0 Å². The van der Waals surface area contributed by atoms with E-state index in [4.69, 9.17) is 9.97 Å². The Bertz CT molecular complexity index is 646. The first kappa shape index (κ1) is 12.9. The normalized spacial score (nSPS) is 18.2. The largest absolute Gasteiger partial charge is 0.369 e. The number of hydrogen-bond acceptors (Lipinski definition) is 5. The first-order valence-electron chi connectivity index (χ1n) is 7.45. The minimum atomic E-state index is 0.868. The summed E-state index contributed by atoms with van der Waals surface area (Å²) in [5.41, 5.74) is 1.53. The van der Waals surface area contributed by atoms with Crippen molar-refractivity contribution in [2.45, 2.75) is 43.7 Å². The van der Waals surface area contributed by atoms with Crippen molar-refractivity contribution in [1.29, 1.82) is 0 Å². The van der Waals surface area contributed by atoms with Crippen LogP contribution < -0.4 is 5.32 Å². The Kier molecular flexibility index (Phi) is 3.34. The molecule has 0 aliphatic heterocycles. The molecule has 0 spiro atoms. The van der Waals surface area contributed by atoms with E-state index >= 15 is 0 Å². The van der Waals surface area contributed by atoms with Gasteiger partial charge in [-0.25, -0.2) is 9.97 Å². The zero-order chi connectivity index (χ0) is 13.5. The van der Waals surface area contributed by atoms with E-state index in [1.54, 1.807) is 16.6 Å². The molecule has 2 aromatic heterocycles. The lowest BCUT2D eigenvalue weighted by Gasteiger charge is -2.13. The summed E-state index contributed by atoms with van der Waals surface area (Å²) >= 11 is 3.53. The molecule has 0 radical (unpaired) electrons. The van der Waals surface area contributed by atoms with E-state index in [2.05, 4.69) is 11.6 Å². The Morgan fingerprint density at radius 1 is 1.25 bits per heavy atom. The Labute approximate surface area is 127 Å². The Hall–Kier alpha value is -0.810. The third kappa shape index (κ3) is 2.31. The number of aromatic nitrogens is 2. The standard InChI is InChI=1S/C15H19N3S2/c1-19-15-17-13(16-8-9-6-7-9)12-10-4-2-3-5-11(10)20-14(12)18-15/h9H,2-8H2,1H3,(H,16,17,18). The van der Waals surface area contributed by atoms with Crippen LogP contribution in [0.25, 0.3) is 10.2 Å². The van der Waals surface area contributed by atoms with Gasteiger partial charge in [0, 0.05) is 11.4 Å². The van der Waals surface area contributed by atoms with Crippen molar-refractivity contribution in [2.24, 2.45) is 5.92 Å². The van der Waals surface area contributed by atoms with Crippen molar-refractivity contribution < 1.29 is 0 Å². The van der Waals surface area contributed by atoms with Gasteiger partial charge in [-0.2, -0.15) is 0 Å². The second kappa shape index (κ2) is 5.19. The summed E-state index contributed by atoms with van der Waals surface area (Å²) < 4.78 is 0. The summed E-state index contributed by atoms with van der Waals surface area (Å²) in [6, 6.07) is 0. The van der Waals surface area contributed by atoms with E-state index in [9.17, 15) is 0 Å². The van der Waals surface area contributed by atoms with Crippen LogP contribution in [0.4, 0.5) is 5.82 Å². The predicted octanol–water partition coefficient (Wildman–Crippen LogP) is 4.11. The fraction of sp³-hybridized carbons (Fsp3) is 0.600. The van der Waals surface area contributed by atoms with Crippen molar-refractivity contribution in [2.75, 3.05) is 18.1 Å². The number of nitrogens with zero attached hydrogens (tertiary/aromatic N) is 2. The number of thiophene rings is 1. The van der Waals surface area contributed by atoms with Gasteiger partial charge in [-0.05, 0) is 56.3 Å². The first-order valence-corrected chi connectivity index (χ1v) is 9.49. The second-order valence-electron chi connectivity index (χ2n) is 5.77. The number of rotatable bonds is 4. The van der Waals surface area contributed by atoms with Crippen LogP contribution in [0.3, 0.4) is 0 Å². The molecule has 106 valence electrons. The lowest BCUT2D eigenvalue weighted by molar-refractivity contribution is 0.700. The molecule has 1 fully saturated rings. The highest BCUT2D eigenvalue weighted by Gasteiger charge is 2.24. The molecule has 2 aliphatic rings. The summed E-state index contributed by atoms with van der Waals surface area (Å²) in [7, 11) is 0. The number of anilines is 1. The number of thioether (sulfide) groups is 1. The monoisotopic (exact) mass is 305 g/mol. The molecule has 2 heterocycles. The molecule has 2 aliphatic carbocycles. The van der Waals surface area contributed by atoms with Gasteiger partial charge < -0.3 is 5.32 Å². The molecule has 1 N–H and O–H groups in total. The van der Waals surface area contributed by atoms with Crippen molar-refractivity contribution in [3.63, 3.8) is 0 Å². The SMILES string of the molecule is CSc1nc(NCC2CC2)c2c3c(sc2n1)CCCC3. The zero-order valence-corrected chi connectivity index (χ0v) is 13.4. The quantitative estimate of drug-likeness (QED) is 0.681. The zero-order valence-electron chi connectivity index (χ0n) is 11.7. The fourth-order valence-electron chi connectivity index (χ4n) is 2.92. The van der Waals surface area contributed by atoms with Gasteiger partial charge in [-0.1, -0.05) is 11.8 Å². The maximum absolute atomic E-state index is 4.75. The van der Waals surface area contributed by atoms with Gasteiger partial charge in [0.1, 0.15) is 10.6 Å². The van der Waals surface area contributed by atoms with E-state index < -0.39 is 0 Å². The minimum Gasteiger partial charge on any atom is -0.369 e. The highest BCUT2D eigenvalue weighted by Crippen LogP contribution is 2.39. The lowest BCUT2D eigenvalue weighted by atomic mass is 9.97. The van der Waals surface area contributed by atoms with Crippen molar-refractivity contribution >= 4 is 39.1 Å². The molecular formula is C15H19N3S2. The van der Waals surface area contributed by atoms with E-state index in [-0.39, 0.29) is 0 Å². The van der Waals surface area contributed by atoms with Gasteiger partial charge in [0.15, 0.2) is 5.16 Å². The molecule has 3 nitrogen and oxygen atoms in total. The summed E-state index contributed by atoms with van der Waals surface area (Å²) in [5.74, 6) is 1.96. The average molecular weight is 305 g/mol. The van der Waals surface area contributed by atoms with Crippen LogP contribution in [0.15, 0.2) is 5.16 Å². The molecule has 5 heteroatoms. The average Bonchev–Trinajstić information content (AvgIpc) is 3.23. The van der Waals surface area contributed by atoms with E-state index in [1.165, 1.54) is 54.3 Å². The van der Waals surface area contributed by atoms with Crippen LogP contribution in [-0.4, -0.2) is 22.8 Å². The summed E-state index contributed by atoms with van der Waals surface area (Å²) in [4.78, 5) is 12.2. The van der Waals surface area contributed by atoms with E-state index in [1.807, 2.05) is 11.3 Å². The van der Waals surface area contributed by atoms with Crippen LogP contribution in [0, 0.1) is 5.92 Å². The third-order valence-corrected chi connectivity index (χ3v) is 5.97. The minimum absolute atomic E-state index is 0.868. The van der Waals surface area contributed by atoms with Crippen LogP contribution >= 0.6 is 23.1 Å². The summed E-state index contributed by atoms with van der Waals surface area (Å²) in [6.07, 6.45) is 9.87. The van der Waals surface area contributed by atoms with Crippen molar-refractivity contribution in [3.8, 4) is 0 Å². The lowest BCUT2D eigenvalue weighted by Crippen LogP contribution is -2.07. The van der Waals surface area contributed by atoms with Gasteiger partial charge in [0.05, 0.1) is 5.39 Å². The van der Waals surface area contributed by atoms with Crippen LogP contribution in [0.2, 0.25) is 0 Å². The number of aryl methyl sites for hydroxylation is 2. The van der Waals surface area contributed by atoms with Gasteiger partial charge >= 0.3 is 0 Å². The molecule has 0 bridgehead atoms. The maximum Gasteiger partial charge on any atom is 0.190 e. The molecule has 0 amide bonds. The molecule has 0 aromatic carbocycles. The van der Waals surface area contributed by atoms with Crippen LogP contribution in [0.5, 0.6) is 0 Å². The highest BCUT2D eigenvalue weighted by molar-refractivity contribution is 7.98. The van der Waals surface area contributed by atoms with Gasteiger partial charge in [-0.15, -0.1) is 11.3 Å². The molecule has 20 heavy (non-hydrogen) atoms. The Morgan fingerprint density at radius 2 is 2.10 bits per heavy atom. The van der Waals surface area contributed by atoms with E-state index in [0.29, 0.717) is 0 Å². The van der Waals surface area contributed by atoms with Crippen molar-refractivity contribution in [3.05, 3.63) is 10.4 Å². The first-order chi connectivity index (χ1) is 9.85. The molecule has 4 rings (SSSR count). The predicted molar refractivity (Wildman–Crippen MR) is 87.1 cm³/mol. The fourth-order valence-corrected chi connectivity index (χ4v) is 4.60. The van der Waals surface area contributed by atoms with Gasteiger partial charge in [0.25, 0.3) is 0 Å². The van der Waals surface area contributed by atoms with Crippen LogP contribution in [0.1, 0.15) is 36.1 Å². The number of nitrogens with one attached hydrogen (secondary N) is 1. The Morgan fingerprint density at radius 3 is 2.90 bits per heavy atom.